The SMILES string of the molecule is CCc1ccccc1C(=O)C(C)(C)N. The Morgan fingerprint density at radius 1 is 1.36 bits per heavy atom. The molecule has 0 amide bonds. The van der Waals surface area contributed by atoms with E-state index in [0.29, 0.717) is 0 Å². The monoisotopic (exact) mass is 191 g/mol. The molecule has 2 N–H and O–H groups in total. The number of carbonyl (C=O) groups is 1. The highest BCUT2D eigenvalue weighted by Crippen LogP contribution is 2.15. The summed E-state index contributed by atoms with van der Waals surface area (Å²) in [6.45, 7) is 5.51. The van der Waals surface area contributed by atoms with Crippen LogP contribution in [0.4, 0.5) is 0 Å². The molecule has 0 aliphatic rings. The molecule has 0 spiro atoms. The first kappa shape index (κ1) is 10.9. The van der Waals surface area contributed by atoms with Crippen molar-refractivity contribution in [2.24, 2.45) is 5.73 Å². The fourth-order valence-corrected chi connectivity index (χ4v) is 1.40. The summed E-state index contributed by atoms with van der Waals surface area (Å²) in [6, 6.07) is 7.63. The van der Waals surface area contributed by atoms with Gasteiger partial charge in [0.05, 0.1) is 5.54 Å². The van der Waals surface area contributed by atoms with Gasteiger partial charge in [0.25, 0.3) is 0 Å². The van der Waals surface area contributed by atoms with Gasteiger partial charge in [0, 0.05) is 5.56 Å². The van der Waals surface area contributed by atoms with Crippen molar-refractivity contribution < 1.29 is 4.79 Å². The number of hydrogen-bond donors (Lipinski definition) is 1. The zero-order valence-electron chi connectivity index (χ0n) is 9.00. The normalized spacial score (nSPS) is 11.4. The van der Waals surface area contributed by atoms with E-state index in [-0.39, 0.29) is 5.78 Å². The maximum Gasteiger partial charge on any atom is 0.182 e. The molecule has 0 aromatic heterocycles. The lowest BCUT2D eigenvalue weighted by molar-refractivity contribution is 0.0912. The number of ketones is 1. The summed E-state index contributed by atoms with van der Waals surface area (Å²) < 4.78 is 0. The van der Waals surface area contributed by atoms with E-state index < -0.39 is 5.54 Å². The van der Waals surface area contributed by atoms with Gasteiger partial charge in [-0.25, -0.2) is 0 Å². The van der Waals surface area contributed by atoms with Crippen LogP contribution in [0.25, 0.3) is 0 Å². The second kappa shape index (κ2) is 3.93. The van der Waals surface area contributed by atoms with Crippen molar-refractivity contribution >= 4 is 5.78 Å². The van der Waals surface area contributed by atoms with E-state index in [1.807, 2.05) is 31.2 Å². The third-order valence-electron chi connectivity index (χ3n) is 2.23. The van der Waals surface area contributed by atoms with E-state index >= 15 is 0 Å². The Kier molecular flexibility index (Phi) is 3.06. The highest BCUT2D eigenvalue weighted by atomic mass is 16.1. The van der Waals surface area contributed by atoms with Gasteiger partial charge >= 0.3 is 0 Å². The minimum absolute atomic E-state index is 0.00921. The van der Waals surface area contributed by atoms with Gasteiger partial charge in [-0.3, -0.25) is 4.79 Å². The molecule has 2 nitrogen and oxygen atoms in total. The molecule has 0 radical (unpaired) electrons. The van der Waals surface area contributed by atoms with Gasteiger partial charge in [0.15, 0.2) is 5.78 Å². The van der Waals surface area contributed by atoms with E-state index in [2.05, 4.69) is 0 Å². The van der Waals surface area contributed by atoms with Gasteiger partial charge in [0.1, 0.15) is 0 Å². The van der Waals surface area contributed by atoms with Crippen molar-refractivity contribution in [3.63, 3.8) is 0 Å². The van der Waals surface area contributed by atoms with Gasteiger partial charge in [-0.15, -0.1) is 0 Å². The van der Waals surface area contributed by atoms with Crippen LogP contribution in [0.5, 0.6) is 0 Å². The first-order valence-electron chi connectivity index (χ1n) is 4.88. The van der Waals surface area contributed by atoms with Gasteiger partial charge in [-0.05, 0) is 25.8 Å². The molecule has 0 heterocycles. The van der Waals surface area contributed by atoms with E-state index in [9.17, 15) is 4.79 Å². The van der Waals surface area contributed by atoms with Crippen LogP contribution >= 0.6 is 0 Å². The minimum atomic E-state index is -0.786. The zero-order valence-corrected chi connectivity index (χ0v) is 9.00. The third-order valence-corrected chi connectivity index (χ3v) is 2.23. The Balaban J connectivity index is 3.13. The van der Waals surface area contributed by atoms with Crippen molar-refractivity contribution in [1.29, 1.82) is 0 Å². The number of hydrogen-bond acceptors (Lipinski definition) is 2. The molecule has 1 aromatic rings. The first-order valence-corrected chi connectivity index (χ1v) is 4.88. The summed E-state index contributed by atoms with van der Waals surface area (Å²) >= 11 is 0. The van der Waals surface area contributed by atoms with Gasteiger partial charge in [-0.2, -0.15) is 0 Å². The molecule has 0 saturated heterocycles. The number of rotatable bonds is 3. The van der Waals surface area contributed by atoms with Crippen LogP contribution < -0.4 is 5.73 Å². The molecule has 1 rings (SSSR count). The lowest BCUT2D eigenvalue weighted by Crippen LogP contribution is -2.41. The number of Topliss-reactive ketones (excluding diaryl/α,β-unsaturated/α-hetero) is 1. The standard InChI is InChI=1S/C12H17NO/c1-4-9-7-5-6-8-10(9)11(14)12(2,3)13/h5-8H,4,13H2,1-3H3. The Bertz CT molecular complexity index is 336. The summed E-state index contributed by atoms with van der Waals surface area (Å²) in [5, 5.41) is 0. The Labute approximate surface area is 85.1 Å². The van der Waals surface area contributed by atoms with Crippen LogP contribution in [0.2, 0.25) is 0 Å². The Morgan fingerprint density at radius 2 is 1.93 bits per heavy atom. The largest absolute Gasteiger partial charge is 0.319 e. The number of benzene rings is 1. The maximum atomic E-state index is 11.9. The van der Waals surface area contributed by atoms with E-state index in [4.69, 9.17) is 5.73 Å². The van der Waals surface area contributed by atoms with Crippen LogP contribution in [0.15, 0.2) is 24.3 Å². The van der Waals surface area contributed by atoms with Crippen molar-refractivity contribution in [3.05, 3.63) is 35.4 Å². The average Bonchev–Trinajstić information content (AvgIpc) is 2.15. The summed E-state index contributed by atoms with van der Waals surface area (Å²) in [4.78, 5) is 11.9. The third kappa shape index (κ3) is 2.20. The summed E-state index contributed by atoms with van der Waals surface area (Å²) in [5.74, 6) is 0.00921. The van der Waals surface area contributed by atoms with Crippen molar-refractivity contribution in [3.8, 4) is 0 Å². The lowest BCUT2D eigenvalue weighted by atomic mass is 9.90. The smallest absolute Gasteiger partial charge is 0.182 e. The molecule has 0 atom stereocenters. The van der Waals surface area contributed by atoms with Crippen molar-refractivity contribution in [2.45, 2.75) is 32.7 Å². The lowest BCUT2D eigenvalue weighted by Gasteiger charge is -2.18. The van der Waals surface area contributed by atoms with Crippen LogP contribution in [0, 0.1) is 0 Å². The molecular formula is C12H17NO. The van der Waals surface area contributed by atoms with Crippen molar-refractivity contribution in [1.82, 2.24) is 0 Å². The van der Waals surface area contributed by atoms with Gasteiger partial charge in [0.2, 0.25) is 0 Å². The number of nitrogens with two attached hydrogens (primary N) is 1. The van der Waals surface area contributed by atoms with Crippen LogP contribution in [-0.2, 0) is 6.42 Å². The molecule has 0 unspecified atom stereocenters. The van der Waals surface area contributed by atoms with Gasteiger partial charge < -0.3 is 5.73 Å². The molecular weight excluding hydrogens is 174 g/mol. The summed E-state index contributed by atoms with van der Waals surface area (Å²) in [6.07, 6.45) is 0.859. The fourth-order valence-electron chi connectivity index (χ4n) is 1.40. The van der Waals surface area contributed by atoms with E-state index in [1.165, 1.54) is 0 Å². The molecule has 0 aliphatic carbocycles. The van der Waals surface area contributed by atoms with Gasteiger partial charge in [-0.1, -0.05) is 31.2 Å². The molecule has 2 heteroatoms. The van der Waals surface area contributed by atoms with E-state index in [0.717, 1.165) is 17.5 Å². The average molecular weight is 191 g/mol. The van der Waals surface area contributed by atoms with Crippen LogP contribution in [-0.4, -0.2) is 11.3 Å². The first-order chi connectivity index (χ1) is 6.46. The summed E-state index contributed by atoms with van der Waals surface area (Å²) in [7, 11) is 0. The molecule has 1 aromatic carbocycles. The second-order valence-corrected chi connectivity index (χ2v) is 4.06. The topological polar surface area (TPSA) is 43.1 Å². The van der Waals surface area contributed by atoms with Crippen LogP contribution in [0.1, 0.15) is 36.7 Å². The van der Waals surface area contributed by atoms with Crippen LogP contribution in [0.3, 0.4) is 0 Å². The molecule has 76 valence electrons. The highest BCUT2D eigenvalue weighted by molar-refractivity contribution is 6.03. The number of carbonyl (C=O) groups excluding carboxylic acids is 1. The second-order valence-electron chi connectivity index (χ2n) is 4.06. The number of aryl methyl sites for hydroxylation is 1. The predicted octanol–water partition coefficient (Wildman–Crippen LogP) is 2.17. The van der Waals surface area contributed by atoms with Crippen molar-refractivity contribution in [2.75, 3.05) is 0 Å². The quantitative estimate of drug-likeness (QED) is 0.744. The minimum Gasteiger partial charge on any atom is -0.319 e. The molecule has 0 fully saturated rings. The maximum absolute atomic E-state index is 11.9. The Hall–Kier alpha value is -1.15. The molecule has 0 bridgehead atoms. The molecule has 0 aliphatic heterocycles. The highest BCUT2D eigenvalue weighted by Gasteiger charge is 2.24. The molecule has 0 saturated carbocycles. The summed E-state index contributed by atoms with van der Waals surface area (Å²) in [5.41, 5.74) is 6.82. The predicted molar refractivity (Wildman–Crippen MR) is 58.4 cm³/mol. The van der Waals surface area contributed by atoms with E-state index in [1.54, 1.807) is 13.8 Å². The Morgan fingerprint density at radius 3 is 2.43 bits per heavy atom. The molecule has 14 heavy (non-hydrogen) atoms. The zero-order chi connectivity index (χ0) is 10.8. The fraction of sp³-hybridized carbons (Fsp3) is 0.417.